The minimum Gasteiger partial charge on any atom is -0.346 e. The predicted molar refractivity (Wildman–Crippen MR) is 107 cm³/mol. The maximum absolute atomic E-state index is 11.0. The van der Waals surface area contributed by atoms with E-state index < -0.39 is 0 Å². The molecule has 9 nitrogen and oxygen atoms in total. The monoisotopic (exact) mass is 376 g/mol. The average Bonchev–Trinajstić information content (AvgIpc) is 3.14. The van der Waals surface area contributed by atoms with Gasteiger partial charge in [-0.1, -0.05) is 27.7 Å². The molecular weight excluding hydrogens is 348 g/mol. The van der Waals surface area contributed by atoms with Gasteiger partial charge in [0, 0.05) is 50.1 Å². The summed E-state index contributed by atoms with van der Waals surface area (Å²) in [5, 5.41) is 0.951. The molecule has 9 heteroatoms. The summed E-state index contributed by atoms with van der Waals surface area (Å²) in [6, 6.07) is 1.88. The van der Waals surface area contributed by atoms with Crippen molar-refractivity contribution in [1.29, 1.82) is 0 Å². The van der Waals surface area contributed by atoms with Crippen LogP contribution in [-0.4, -0.2) is 30.7 Å². The molecule has 2 N–H and O–H groups in total. The molecule has 0 fully saturated rings. The predicted octanol–water partition coefficient (Wildman–Crippen LogP) is 1.99. The van der Waals surface area contributed by atoms with Gasteiger partial charge >= 0.3 is 11.4 Å². The third kappa shape index (κ3) is 5.78. The van der Waals surface area contributed by atoms with Gasteiger partial charge in [0.05, 0.1) is 6.61 Å². The van der Waals surface area contributed by atoms with Crippen molar-refractivity contribution in [2.24, 2.45) is 14.1 Å². The third-order valence-electron chi connectivity index (χ3n) is 3.40. The zero-order chi connectivity index (χ0) is 20.4. The Hall–Kier alpha value is -2.94. The quantitative estimate of drug-likeness (QED) is 0.621. The van der Waals surface area contributed by atoms with Gasteiger partial charge in [-0.05, 0) is 6.07 Å². The molecule has 0 saturated heterocycles. The van der Waals surface area contributed by atoms with Crippen LogP contribution in [0.1, 0.15) is 33.3 Å². The van der Waals surface area contributed by atoms with Crippen molar-refractivity contribution in [3.8, 4) is 0 Å². The minimum absolute atomic E-state index is 0.236. The topological polar surface area (TPSA) is 107 Å². The maximum atomic E-state index is 11.0. The number of nitrogens with zero attached hydrogens (tertiary/aromatic N) is 4. The van der Waals surface area contributed by atoms with Gasteiger partial charge in [0.1, 0.15) is 5.65 Å². The number of fused-ring (bicyclic) bond motifs is 2. The lowest BCUT2D eigenvalue weighted by molar-refractivity contribution is 0.184. The number of H-pyrrole nitrogens is 1. The molecule has 0 aromatic carbocycles. The van der Waals surface area contributed by atoms with Gasteiger partial charge in [-0.3, -0.25) is 4.84 Å². The van der Waals surface area contributed by atoms with Crippen molar-refractivity contribution in [2.75, 3.05) is 12.1 Å². The minimum atomic E-state index is -0.272. The van der Waals surface area contributed by atoms with Crippen molar-refractivity contribution in [1.82, 2.24) is 24.1 Å². The van der Waals surface area contributed by atoms with Crippen LogP contribution in [0, 0.1) is 0 Å². The van der Waals surface area contributed by atoms with Crippen LogP contribution in [0.2, 0.25) is 0 Å². The van der Waals surface area contributed by atoms with E-state index in [1.54, 1.807) is 32.7 Å². The SMILES string of the molecule is CC.CC.Cn1cc2c(nc1=O)NOCC2.Cn1cc2cc[nH]c2nc1=O. The Kier molecular flexibility index (Phi) is 8.94. The number of aromatic amines is 1. The van der Waals surface area contributed by atoms with Crippen LogP contribution in [0.4, 0.5) is 5.82 Å². The summed E-state index contributed by atoms with van der Waals surface area (Å²) >= 11 is 0. The molecule has 4 rings (SSSR count). The van der Waals surface area contributed by atoms with E-state index in [1.807, 2.05) is 33.8 Å². The highest BCUT2D eigenvalue weighted by Gasteiger charge is 2.11. The van der Waals surface area contributed by atoms with Crippen LogP contribution in [-0.2, 0) is 25.4 Å². The zero-order valence-corrected chi connectivity index (χ0v) is 16.7. The Bertz CT molecular complexity index is 958. The van der Waals surface area contributed by atoms with Crippen LogP contribution in [0.5, 0.6) is 0 Å². The van der Waals surface area contributed by atoms with Crippen molar-refractivity contribution in [3.05, 3.63) is 51.2 Å². The smallest absolute Gasteiger partial charge is 0.346 e. The average molecular weight is 376 g/mol. The largest absolute Gasteiger partial charge is 0.349 e. The van der Waals surface area contributed by atoms with E-state index >= 15 is 0 Å². The lowest BCUT2D eigenvalue weighted by Gasteiger charge is -2.16. The van der Waals surface area contributed by atoms with Gasteiger partial charge in [-0.25, -0.2) is 15.1 Å². The molecule has 0 spiro atoms. The van der Waals surface area contributed by atoms with Gasteiger partial charge in [0.25, 0.3) is 0 Å². The van der Waals surface area contributed by atoms with Crippen LogP contribution in [0.15, 0.2) is 34.2 Å². The first-order chi connectivity index (χ1) is 13.0. The molecule has 0 unspecified atom stereocenters. The number of aryl methyl sites for hydroxylation is 2. The van der Waals surface area contributed by atoms with Gasteiger partial charge in [0.15, 0.2) is 5.82 Å². The second-order valence-electron chi connectivity index (χ2n) is 5.12. The summed E-state index contributed by atoms with van der Waals surface area (Å²) in [5.41, 5.74) is 3.76. The Balaban J connectivity index is 0.000000229. The standard InChI is InChI=1S/C7H9N3O2.C7H7N3O.2C2H6/c1-10-4-5-2-3-12-9-6(5)8-7(10)11;1-10-4-5-2-3-8-6(5)9-7(10)11;2*1-2/h4H,2-3H2,1H3,(H,8,9,11);2-4H,1H3,(H,8,9,11);2*1-2H3. The first-order valence-corrected chi connectivity index (χ1v) is 9.00. The van der Waals surface area contributed by atoms with Crippen LogP contribution in [0.3, 0.4) is 0 Å². The number of aromatic nitrogens is 5. The number of nitrogens with one attached hydrogen (secondary N) is 2. The van der Waals surface area contributed by atoms with Gasteiger partial charge in [-0.2, -0.15) is 9.97 Å². The highest BCUT2D eigenvalue weighted by Crippen LogP contribution is 2.13. The molecule has 0 saturated carbocycles. The first-order valence-electron chi connectivity index (χ1n) is 9.00. The molecule has 3 aromatic rings. The number of hydrogen-bond acceptors (Lipinski definition) is 6. The summed E-state index contributed by atoms with van der Waals surface area (Å²) < 4.78 is 2.92. The lowest BCUT2D eigenvalue weighted by Crippen LogP contribution is -2.26. The number of anilines is 1. The van der Waals surface area contributed by atoms with Crippen molar-refractivity contribution < 1.29 is 4.84 Å². The van der Waals surface area contributed by atoms with Gasteiger partial charge < -0.3 is 14.1 Å². The summed E-state index contributed by atoms with van der Waals surface area (Å²) in [6.45, 7) is 8.62. The Morgan fingerprint density at radius 1 is 1.00 bits per heavy atom. The molecule has 0 amide bonds. The first kappa shape index (κ1) is 22.1. The molecule has 0 aliphatic carbocycles. The second-order valence-corrected chi connectivity index (χ2v) is 5.12. The maximum Gasteiger partial charge on any atom is 0.349 e. The van der Waals surface area contributed by atoms with Crippen molar-refractivity contribution in [2.45, 2.75) is 34.1 Å². The van der Waals surface area contributed by atoms with E-state index in [-0.39, 0.29) is 11.4 Å². The van der Waals surface area contributed by atoms with Crippen molar-refractivity contribution in [3.63, 3.8) is 0 Å². The van der Waals surface area contributed by atoms with Crippen LogP contribution in [0.25, 0.3) is 11.0 Å². The fourth-order valence-electron chi connectivity index (χ4n) is 2.16. The fraction of sp³-hybridized carbons (Fsp3) is 0.444. The fourth-order valence-corrected chi connectivity index (χ4v) is 2.16. The molecule has 1 aliphatic heterocycles. The highest BCUT2D eigenvalue weighted by atomic mass is 16.6. The molecule has 0 bridgehead atoms. The van der Waals surface area contributed by atoms with Crippen LogP contribution < -0.4 is 16.9 Å². The van der Waals surface area contributed by atoms with Crippen molar-refractivity contribution >= 4 is 16.9 Å². The molecule has 27 heavy (non-hydrogen) atoms. The molecule has 3 aromatic heterocycles. The Morgan fingerprint density at radius 2 is 1.63 bits per heavy atom. The van der Waals surface area contributed by atoms with E-state index in [1.165, 1.54) is 9.13 Å². The third-order valence-corrected chi connectivity index (χ3v) is 3.40. The van der Waals surface area contributed by atoms with E-state index in [4.69, 9.17) is 4.84 Å². The van der Waals surface area contributed by atoms with Gasteiger partial charge in [-0.15, -0.1) is 0 Å². The molecule has 0 atom stereocenters. The number of rotatable bonds is 0. The lowest BCUT2D eigenvalue weighted by atomic mass is 10.2. The summed E-state index contributed by atoms with van der Waals surface area (Å²) in [5.74, 6) is 0.546. The Labute approximate surface area is 158 Å². The van der Waals surface area contributed by atoms with E-state index in [0.29, 0.717) is 18.1 Å². The Morgan fingerprint density at radius 3 is 2.33 bits per heavy atom. The molecular formula is C18H28N6O3. The number of hydrogen-bond donors (Lipinski definition) is 2. The zero-order valence-electron chi connectivity index (χ0n) is 16.7. The molecule has 1 aliphatic rings. The normalized spacial score (nSPS) is 11.5. The van der Waals surface area contributed by atoms with E-state index in [0.717, 1.165) is 17.4 Å². The summed E-state index contributed by atoms with van der Waals surface area (Å²) in [6.07, 6.45) is 6.09. The van der Waals surface area contributed by atoms with E-state index in [2.05, 4.69) is 20.4 Å². The van der Waals surface area contributed by atoms with Crippen LogP contribution >= 0.6 is 0 Å². The summed E-state index contributed by atoms with van der Waals surface area (Å²) in [4.78, 5) is 37.4. The molecule has 148 valence electrons. The summed E-state index contributed by atoms with van der Waals surface area (Å²) in [7, 11) is 3.37. The van der Waals surface area contributed by atoms with E-state index in [9.17, 15) is 9.59 Å². The second kappa shape index (κ2) is 10.9. The van der Waals surface area contributed by atoms with Gasteiger partial charge in [0.2, 0.25) is 0 Å². The molecule has 4 heterocycles. The molecule has 0 radical (unpaired) electrons. The highest BCUT2D eigenvalue weighted by molar-refractivity contribution is 5.73.